The molecular formula is C30H36N2O7. The number of carbonyl (C=O) groups is 3. The number of fused-ring (bicyclic) bond motifs is 1. The van der Waals surface area contributed by atoms with Crippen LogP contribution in [0.25, 0.3) is 0 Å². The topological polar surface area (TPSA) is 103 Å². The third-order valence-electron chi connectivity index (χ3n) is 6.17. The fraction of sp³-hybridized carbons (Fsp3) is 0.367. The van der Waals surface area contributed by atoms with Crippen molar-refractivity contribution in [3.8, 4) is 5.75 Å². The van der Waals surface area contributed by atoms with E-state index in [0.29, 0.717) is 48.6 Å². The molecule has 0 radical (unpaired) electrons. The van der Waals surface area contributed by atoms with Crippen molar-refractivity contribution in [1.29, 1.82) is 0 Å². The van der Waals surface area contributed by atoms with Crippen LogP contribution in [0, 0.1) is 0 Å². The van der Waals surface area contributed by atoms with Gasteiger partial charge in [-0.05, 0) is 43.2 Å². The highest BCUT2D eigenvalue weighted by molar-refractivity contribution is 5.97. The summed E-state index contributed by atoms with van der Waals surface area (Å²) < 4.78 is 21.8. The van der Waals surface area contributed by atoms with Crippen LogP contribution in [0.2, 0.25) is 0 Å². The van der Waals surface area contributed by atoms with E-state index >= 15 is 0 Å². The minimum Gasteiger partial charge on any atom is -0.468 e. The van der Waals surface area contributed by atoms with Crippen molar-refractivity contribution < 1.29 is 33.3 Å². The van der Waals surface area contributed by atoms with E-state index in [-0.39, 0.29) is 38.1 Å². The quantitative estimate of drug-likeness (QED) is 0.147. The smallest absolute Gasteiger partial charge is 0.338 e. The molecule has 2 aromatic carbocycles. The number of carbonyl (C=O) groups excluding carboxylic acids is 3. The lowest BCUT2D eigenvalue weighted by atomic mass is 10.0. The summed E-state index contributed by atoms with van der Waals surface area (Å²) in [5.74, 6) is -0.382. The molecule has 1 aliphatic rings. The van der Waals surface area contributed by atoms with Crippen molar-refractivity contribution in [2.75, 3.05) is 38.6 Å². The highest BCUT2D eigenvalue weighted by Gasteiger charge is 2.43. The van der Waals surface area contributed by atoms with Crippen molar-refractivity contribution in [3.05, 3.63) is 85.0 Å². The molecule has 2 amide bonds. The highest BCUT2D eigenvalue weighted by atomic mass is 16.7. The highest BCUT2D eigenvalue weighted by Crippen LogP contribution is 2.42. The molecular weight excluding hydrogens is 500 g/mol. The van der Waals surface area contributed by atoms with E-state index in [1.807, 2.05) is 6.07 Å². The first-order valence-corrected chi connectivity index (χ1v) is 12.9. The van der Waals surface area contributed by atoms with Crippen molar-refractivity contribution in [2.24, 2.45) is 0 Å². The largest absolute Gasteiger partial charge is 0.468 e. The summed E-state index contributed by atoms with van der Waals surface area (Å²) >= 11 is 0. The van der Waals surface area contributed by atoms with Crippen LogP contribution in [0.5, 0.6) is 5.75 Å². The SMILES string of the molecule is C=CCCC(=O)N[C@H]1c2cc(OCOCCOC)ccc2N(C(=O)CCC=C)[C@@H]1COC(=O)c1ccccc1. The van der Waals surface area contributed by atoms with Gasteiger partial charge in [0.25, 0.3) is 0 Å². The summed E-state index contributed by atoms with van der Waals surface area (Å²) in [6, 6.07) is 12.6. The minimum atomic E-state index is -0.661. The van der Waals surface area contributed by atoms with E-state index < -0.39 is 18.1 Å². The summed E-state index contributed by atoms with van der Waals surface area (Å²) in [4.78, 5) is 40.6. The van der Waals surface area contributed by atoms with Crippen LogP contribution in [-0.4, -0.2) is 57.5 Å². The number of ether oxygens (including phenoxy) is 4. The molecule has 1 N–H and O–H groups in total. The van der Waals surface area contributed by atoms with Gasteiger partial charge in [0.2, 0.25) is 11.8 Å². The number of nitrogens with one attached hydrogen (secondary N) is 1. The number of benzene rings is 2. The Morgan fingerprint density at radius 1 is 1.00 bits per heavy atom. The van der Waals surface area contributed by atoms with Crippen molar-refractivity contribution in [3.63, 3.8) is 0 Å². The Balaban J connectivity index is 1.90. The van der Waals surface area contributed by atoms with Crippen LogP contribution in [0.1, 0.15) is 47.6 Å². The average Bonchev–Trinajstić information content (AvgIpc) is 3.26. The lowest BCUT2D eigenvalue weighted by molar-refractivity contribution is -0.123. The van der Waals surface area contributed by atoms with E-state index in [1.165, 1.54) is 0 Å². The van der Waals surface area contributed by atoms with Crippen LogP contribution in [-0.2, 0) is 23.8 Å². The lowest BCUT2D eigenvalue weighted by Gasteiger charge is -2.29. The fourth-order valence-corrected chi connectivity index (χ4v) is 4.24. The van der Waals surface area contributed by atoms with Crippen molar-refractivity contribution in [2.45, 2.75) is 37.8 Å². The maximum atomic E-state index is 13.4. The van der Waals surface area contributed by atoms with Crippen LogP contribution < -0.4 is 15.0 Å². The standard InChI is InChI=1S/C30H36N2O7/c1-4-6-13-27(33)31-29-24-19-23(39-21-37-18-17-36-3)15-16-25(24)32(28(34)14-7-5-2)26(29)20-38-30(35)22-11-9-8-10-12-22/h4-5,8-12,15-16,19,26,29H,1-2,6-7,13-14,17-18,20-21H2,3H3,(H,31,33)/t26-,29+/m1/s1. The normalized spacial score (nSPS) is 15.8. The first-order valence-electron chi connectivity index (χ1n) is 12.9. The van der Waals surface area contributed by atoms with E-state index in [2.05, 4.69) is 18.5 Å². The number of anilines is 1. The summed E-state index contributed by atoms with van der Waals surface area (Å²) in [7, 11) is 1.59. The zero-order valence-corrected chi connectivity index (χ0v) is 22.3. The number of hydrogen-bond donors (Lipinski definition) is 1. The van der Waals surface area contributed by atoms with Gasteiger partial charge in [0.15, 0.2) is 6.79 Å². The summed E-state index contributed by atoms with van der Waals surface area (Å²) in [5, 5.41) is 3.04. The van der Waals surface area contributed by atoms with Crippen LogP contribution in [0.4, 0.5) is 5.69 Å². The Morgan fingerprint density at radius 3 is 2.46 bits per heavy atom. The first kappa shape index (κ1) is 29.6. The van der Waals surface area contributed by atoms with Crippen molar-refractivity contribution in [1.82, 2.24) is 5.32 Å². The second-order valence-electron chi connectivity index (χ2n) is 8.88. The molecule has 0 aliphatic carbocycles. The third-order valence-corrected chi connectivity index (χ3v) is 6.17. The van der Waals surface area contributed by atoms with Gasteiger partial charge in [0.1, 0.15) is 12.4 Å². The number of nitrogens with zero attached hydrogens (tertiary/aromatic N) is 1. The van der Waals surface area contributed by atoms with Crippen molar-refractivity contribution >= 4 is 23.5 Å². The van der Waals surface area contributed by atoms with E-state index in [1.54, 1.807) is 66.6 Å². The van der Waals surface area contributed by atoms with Gasteiger partial charge in [-0.1, -0.05) is 30.4 Å². The van der Waals surface area contributed by atoms with Gasteiger partial charge in [-0.3, -0.25) is 9.59 Å². The Bertz CT molecular complexity index is 1140. The predicted octanol–water partition coefficient (Wildman–Crippen LogP) is 4.35. The lowest BCUT2D eigenvalue weighted by Crippen LogP contribution is -2.47. The molecule has 1 aliphatic heterocycles. The Morgan fingerprint density at radius 2 is 1.74 bits per heavy atom. The Labute approximate surface area is 229 Å². The monoisotopic (exact) mass is 536 g/mol. The molecule has 9 nitrogen and oxygen atoms in total. The van der Waals surface area contributed by atoms with Crippen LogP contribution in [0.15, 0.2) is 73.8 Å². The molecule has 0 unspecified atom stereocenters. The van der Waals surface area contributed by atoms with Crippen LogP contribution in [0.3, 0.4) is 0 Å². The van der Waals surface area contributed by atoms with Gasteiger partial charge < -0.3 is 29.2 Å². The molecule has 0 spiro atoms. The minimum absolute atomic E-state index is 0.0125. The van der Waals surface area contributed by atoms with E-state index in [4.69, 9.17) is 18.9 Å². The molecule has 1 heterocycles. The molecule has 2 atom stereocenters. The fourth-order valence-electron chi connectivity index (χ4n) is 4.24. The van der Waals surface area contributed by atoms with Gasteiger partial charge in [-0.2, -0.15) is 0 Å². The molecule has 0 saturated heterocycles. The zero-order valence-electron chi connectivity index (χ0n) is 22.3. The molecule has 2 aromatic rings. The number of amides is 2. The predicted molar refractivity (Wildman–Crippen MR) is 148 cm³/mol. The molecule has 0 saturated carbocycles. The summed E-state index contributed by atoms with van der Waals surface area (Å²) in [6.45, 7) is 8.11. The maximum absolute atomic E-state index is 13.4. The number of methoxy groups -OCH3 is 1. The average molecular weight is 537 g/mol. The molecule has 39 heavy (non-hydrogen) atoms. The van der Waals surface area contributed by atoms with E-state index in [0.717, 1.165) is 0 Å². The Hall–Kier alpha value is -3.95. The van der Waals surface area contributed by atoms with E-state index in [9.17, 15) is 14.4 Å². The third kappa shape index (κ3) is 8.27. The number of esters is 1. The second kappa shape index (κ2) is 15.5. The second-order valence-corrected chi connectivity index (χ2v) is 8.88. The summed E-state index contributed by atoms with van der Waals surface area (Å²) in [5.41, 5.74) is 1.70. The molecule has 0 aromatic heterocycles. The maximum Gasteiger partial charge on any atom is 0.338 e. The first-order chi connectivity index (χ1) is 19.0. The van der Waals surface area contributed by atoms with Gasteiger partial charge in [0, 0.05) is 31.2 Å². The van der Waals surface area contributed by atoms with Crippen LogP contribution >= 0.6 is 0 Å². The summed E-state index contributed by atoms with van der Waals surface area (Å²) in [6.07, 6.45) is 4.78. The van der Waals surface area contributed by atoms with Gasteiger partial charge in [0.05, 0.1) is 30.9 Å². The number of hydrogen-bond acceptors (Lipinski definition) is 7. The zero-order chi connectivity index (χ0) is 28.0. The molecule has 9 heteroatoms. The molecule has 0 bridgehead atoms. The molecule has 0 fully saturated rings. The molecule has 208 valence electrons. The van der Waals surface area contributed by atoms with Gasteiger partial charge >= 0.3 is 5.97 Å². The van der Waals surface area contributed by atoms with Gasteiger partial charge in [-0.15, -0.1) is 13.2 Å². The Kier molecular flexibility index (Phi) is 11.7. The van der Waals surface area contributed by atoms with Gasteiger partial charge in [-0.25, -0.2) is 4.79 Å². The molecule has 3 rings (SSSR count). The number of allylic oxidation sites excluding steroid dienone is 2. The number of rotatable bonds is 16.